The van der Waals surface area contributed by atoms with E-state index in [4.69, 9.17) is 0 Å². The van der Waals surface area contributed by atoms with E-state index < -0.39 is 0 Å². The third-order valence-corrected chi connectivity index (χ3v) is 3.28. The van der Waals surface area contributed by atoms with Gasteiger partial charge in [-0.3, -0.25) is 4.79 Å². The molecule has 0 aliphatic carbocycles. The van der Waals surface area contributed by atoms with E-state index in [1.807, 2.05) is 0 Å². The van der Waals surface area contributed by atoms with Gasteiger partial charge in [-0.1, -0.05) is 0 Å². The number of hydrogen-bond donors (Lipinski definition) is 2. The number of anilines is 1. The molecule has 0 spiro atoms. The predicted molar refractivity (Wildman–Crippen MR) is 74.2 cm³/mol. The maximum Gasteiger partial charge on any atom is 0.271 e. The van der Waals surface area contributed by atoms with E-state index in [9.17, 15) is 4.79 Å². The Morgan fingerprint density at radius 3 is 2.74 bits per heavy atom. The lowest BCUT2D eigenvalue weighted by Crippen LogP contribution is -2.22. The molecule has 1 aromatic heterocycles. The van der Waals surface area contributed by atoms with Crippen LogP contribution in [0.2, 0.25) is 0 Å². The molecular formula is C13H21N5O. The molecule has 0 unspecified atom stereocenters. The molecule has 104 valence electrons. The summed E-state index contributed by atoms with van der Waals surface area (Å²) in [4.78, 5) is 13.8. The van der Waals surface area contributed by atoms with Crippen molar-refractivity contribution in [2.24, 2.45) is 0 Å². The Kier molecular flexibility index (Phi) is 5.09. The smallest absolute Gasteiger partial charge is 0.271 e. The standard InChI is InChI=1S/C13H21N5O/c1-14-13(19)11-5-6-12(17-16-11)15-7-4-10-18-8-2-3-9-18/h5-6H,2-4,7-10H2,1H3,(H,14,19)(H,15,17). The molecule has 1 saturated heterocycles. The molecule has 0 bridgehead atoms. The number of aromatic nitrogens is 2. The number of rotatable bonds is 6. The van der Waals surface area contributed by atoms with Gasteiger partial charge in [0.15, 0.2) is 5.69 Å². The van der Waals surface area contributed by atoms with Crippen LogP contribution in [-0.2, 0) is 0 Å². The number of nitrogens with zero attached hydrogens (tertiary/aromatic N) is 3. The SMILES string of the molecule is CNC(=O)c1ccc(NCCCN2CCCC2)nn1. The van der Waals surface area contributed by atoms with Gasteiger partial charge < -0.3 is 15.5 Å². The number of carbonyl (C=O) groups excluding carboxylic acids is 1. The lowest BCUT2D eigenvalue weighted by atomic mass is 10.3. The first-order chi connectivity index (χ1) is 9.29. The van der Waals surface area contributed by atoms with Crippen molar-refractivity contribution in [1.82, 2.24) is 20.4 Å². The molecule has 1 fully saturated rings. The van der Waals surface area contributed by atoms with E-state index in [-0.39, 0.29) is 5.91 Å². The summed E-state index contributed by atoms with van der Waals surface area (Å²) in [7, 11) is 1.58. The molecule has 0 aromatic carbocycles. The van der Waals surface area contributed by atoms with Crippen LogP contribution in [0.1, 0.15) is 29.8 Å². The van der Waals surface area contributed by atoms with Gasteiger partial charge in [-0.15, -0.1) is 10.2 Å². The second kappa shape index (κ2) is 7.04. The topological polar surface area (TPSA) is 70.2 Å². The van der Waals surface area contributed by atoms with Crippen molar-refractivity contribution < 1.29 is 4.79 Å². The molecule has 0 saturated carbocycles. The highest BCUT2D eigenvalue weighted by molar-refractivity contribution is 5.91. The minimum absolute atomic E-state index is 0.215. The van der Waals surface area contributed by atoms with Gasteiger partial charge in [0.05, 0.1) is 0 Å². The van der Waals surface area contributed by atoms with Crippen molar-refractivity contribution in [2.45, 2.75) is 19.3 Å². The van der Waals surface area contributed by atoms with Crippen LogP contribution in [0, 0.1) is 0 Å². The third kappa shape index (κ3) is 4.17. The van der Waals surface area contributed by atoms with Crippen molar-refractivity contribution in [2.75, 3.05) is 38.5 Å². The third-order valence-electron chi connectivity index (χ3n) is 3.28. The molecule has 0 atom stereocenters. The van der Waals surface area contributed by atoms with Crippen LogP contribution in [0.15, 0.2) is 12.1 Å². The number of likely N-dealkylation sites (tertiary alicyclic amines) is 1. The number of hydrogen-bond acceptors (Lipinski definition) is 5. The normalized spacial score (nSPS) is 15.4. The quantitative estimate of drug-likeness (QED) is 0.741. The lowest BCUT2D eigenvalue weighted by molar-refractivity contribution is 0.0957. The van der Waals surface area contributed by atoms with Crippen LogP contribution in [0.4, 0.5) is 5.82 Å². The van der Waals surface area contributed by atoms with Gasteiger partial charge in [-0.25, -0.2) is 0 Å². The Morgan fingerprint density at radius 2 is 2.11 bits per heavy atom. The van der Waals surface area contributed by atoms with Crippen LogP contribution >= 0.6 is 0 Å². The van der Waals surface area contributed by atoms with Gasteiger partial charge in [-0.2, -0.15) is 0 Å². The molecule has 2 rings (SSSR count). The summed E-state index contributed by atoms with van der Waals surface area (Å²) in [5.41, 5.74) is 0.338. The zero-order chi connectivity index (χ0) is 13.5. The van der Waals surface area contributed by atoms with Gasteiger partial charge in [0.1, 0.15) is 5.82 Å². The molecule has 19 heavy (non-hydrogen) atoms. The summed E-state index contributed by atoms with van der Waals surface area (Å²) in [6.45, 7) is 4.49. The summed E-state index contributed by atoms with van der Waals surface area (Å²) in [5.74, 6) is 0.502. The van der Waals surface area contributed by atoms with Crippen LogP contribution in [0.3, 0.4) is 0 Å². The molecular weight excluding hydrogens is 242 g/mol. The number of carbonyl (C=O) groups is 1. The van der Waals surface area contributed by atoms with Crippen molar-refractivity contribution in [3.05, 3.63) is 17.8 Å². The van der Waals surface area contributed by atoms with E-state index in [0.717, 1.165) is 19.5 Å². The molecule has 1 aliphatic heterocycles. The zero-order valence-electron chi connectivity index (χ0n) is 11.4. The van der Waals surface area contributed by atoms with Crippen LogP contribution in [0.25, 0.3) is 0 Å². The average Bonchev–Trinajstić information content (AvgIpc) is 2.96. The van der Waals surface area contributed by atoms with Gasteiger partial charge in [0.2, 0.25) is 0 Å². The molecule has 1 amide bonds. The molecule has 1 aromatic rings. The van der Waals surface area contributed by atoms with Crippen molar-refractivity contribution >= 4 is 11.7 Å². The average molecular weight is 263 g/mol. The van der Waals surface area contributed by atoms with E-state index in [1.54, 1.807) is 19.2 Å². The second-order valence-electron chi connectivity index (χ2n) is 4.71. The Balaban J connectivity index is 1.69. The molecule has 1 aliphatic rings. The summed E-state index contributed by atoms with van der Waals surface area (Å²) in [6, 6.07) is 3.46. The van der Waals surface area contributed by atoms with Crippen molar-refractivity contribution in [1.29, 1.82) is 0 Å². The minimum Gasteiger partial charge on any atom is -0.369 e. The number of amides is 1. The Bertz CT molecular complexity index is 400. The van der Waals surface area contributed by atoms with Crippen molar-refractivity contribution in [3.63, 3.8) is 0 Å². The second-order valence-corrected chi connectivity index (χ2v) is 4.71. The van der Waals surface area contributed by atoms with Crippen molar-refractivity contribution in [3.8, 4) is 0 Å². The molecule has 6 heteroatoms. The Labute approximate surface area is 113 Å². The molecule has 0 radical (unpaired) electrons. The Hall–Kier alpha value is -1.69. The van der Waals surface area contributed by atoms with Gasteiger partial charge in [0, 0.05) is 13.6 Å². The molecule has 2 N–H and O–H groups in total. The number of nitrogens with one attached hydrogen (secondary N) is 2. The fraction of sp³-hybridized carbons (Fsp3) is 0.615. The molecule has 6 nitrogen and oxygen atoms in total. The fourth-order valence-electron chi connectivity index (χ4n) is 2.20. The summed E-state index contributed by atoms with van der Waals surface area (Å²) >= 11 is 0. The maximum atomic E-state index is 11.3. The summed E-state index contributed by atoms with van der Waals surface area (Å²) in [6.07, 6.45) is 3.76. The highest BCUT2D eigenvalue weighted by Crippen LogP contribution is 2.07. The highest BCUT2D eigenvalue weighted by Gasteiger charge is 2.10. The Morgan fingerprint density at radius 1 is 1.32 bits per heavy atom. The first-order valence-corrected chi connectivity index (χ1v) is 6.81. The van der Waals surface area contributed by atoms with E-state index in [1.165, 1.54) is 25.9 Å². The van der Waals surface area contributed by atoms with E-state index in [0.29, 0.717) is 11.5 Å². The van der Waals surface area contributed by atoms with Crippen LogP contribution < -0.4 is 10.6 Å². The van der Waals surface area contributed by atoms with E-state index in [2.05, 4.69) is 25.7 Å². The fourth-order valence-corrected chi connectivity index (χ4v) is 2.20. The molecule has 2 heterocycles. The maximum absolute atomic E-state index is 11.3. The summed E-state index contributed by atoms with van der Waals surface area (Å²) in [5, 5.41) is 13.6. The lowest BCUT2D eigenvalue weighted by Gasteiger charge is -2.14. The van der Waals surface area contributed by atoms with E-state index >= 15 is 0 Å². The largest absolute Gasteiger partial charge is 0.369 e. The minimum atomic E-state index is -0.215. The van der Waals surface area contributed by atoms with Gasteiger partial charge in [-0.05, 0) is 51.0 Å². The van der Waals surface area contributed by atoms with Crippen LogP contribution in [0.5, 0.6) is 0 Å². The monoisotopic (exact) mass is 263 g/mol. The van der Waals surface area contributed by atoms with Crippen LogP contribution in [-0.4, -0.2) is 54.2 Å². The first-order valence-electron chi connectivity index (χ1n) is 6.81. The highest BCUT2D eigenvalue weighted by atomic mass is 16.1. The first kappa shape index (κ1) is 13.7. The van der Waals surface area contributed by atoms with Gasteiger partial charge >= 0.3 is 0 Å². The van der Waals surface area contributed by atoms with Gasteiger partial charge in [0.25, 0.3) is 5.91 Å². The summed E-state index contributed by atoms with van der Waals surface area (Å²) < 4.78 is 0. The predicted octanol–water partition coefficient (Wildman–Crippen LogP) is 0.734. The zero-order valence-corrected chi connectivity index (χ0v) is 11.4.